The van der Waals surface area contributed by atoms with Crippen LogP contribution in [-0.4, -0.2) is 43.0 Å². The van der Waals surface area contributed by atoms with Crippen molar-refractivity contribution >= 4 is 33.5 Å². The van der Waals surface area contributed by atoms with Gasteiger partial charge in [-0.3, -0.25) is 14.8 Å². The van der Waals surface area contributed by atoms with Crippen LogP contribution in [0, 0.1) is 5.92 Å². The van der Waals surface area contributed by atoms with Crippen molar-refractivity contribution in [2.45, 2.75) is 24.2 Å². The molecule has 2 aromatic heterocycles. The van der Waals surface area contributed by atoms with E-state index in [1.807, 2.05) is 4.98 Å². The summed E-state index contributed by atoms with van der Waals surface area (Å²) in [5.74, 6) is 0.462. The van der Waals surface area contributed by atoms with E-state index < -0.39 is 21.3 Å². The monoisotopic (exact) mass is 389 g/mol. The van der Waals surface area contributed by atoms with E-state index in [1.165, 1.54) is 6.07 Å². The lowest BCUT2D eigenvalue weighted by molar-refractivity contribution is 0.358. The zero-order valence-electron chi connectivity index (χ0n) is 13.4. The number of nitrogens with one attached hydrogen (secondary N) is 4. The third kappa shape index (κ3) is 4.66. The molecule has 9 nitrogen and oxygen atoms in total. The second-order valence-corrected chi connectivity index (χ2v) is 7.64. The van der Waals surface area contributed by atoms with Crippen LogP contribution in [-0.2, 0) is 10.0 Å². The highest BCUT2D eigenvalue weighted by molar-refractivity contribution is 7.89. The Morgan fingerprint density at radius 1 is 1.28 bits per heavy atom. The molecule has 1 aliphatic rings. The van der Waals surface area contributed by atoms with Crippen molar-refractivity contribution in [3.05, 3.63) is 33.1 Å². The minimum Gasteiger partial charge on any atom is -0.316 e. The summed E-state index contributed by atoms with van der Waals surface area (Å²) in [7, 11) is -3.76. The maximum absolute atomic E-state index is 12.3. The first-order valence-electron chi connectivity index (χ1n) is 7.78. The molecular formula is C14H20ClN5O4S. The lowest BCUT2D eigenvalue weighted by Gasteiger charge is -2.22. The van der Waals surface area contributed by atoms with E-state index in [2.05, 4.69) is 20.0 Å². The number of piperidine rings is 1. The number of nitrogens with zero attached hydrogens (tertiary/aromatic N) is 1. The van der Waals surface area contributed by atoms with Gasteiger partial charge in [0.25, 0.3) is 5.56 Å². The number of halogens is 1. The Morgan fingerprint density at radius 3 is 2.80 bits per heavy atom. The molecule has 0 spiro atoms. The summed E-state index contributed by atoms with van der Waals surface area (Å²) in [4.78, 5) is 31.1. The zero-order chi connectivity index (χ0) is 17.2. The molecule has 0 aliphatic carbocycles. The molecule has 0 saturated carbocycles. The fourth-order valence-corrected chi connectivity index (χ4v) is 3.84. The SMILES string of the molecule is Cl.O=c1[nH]c(=O)c2cc(S(=O)(=O)NCCC3CCCNC3)cnc2[nH]1. The van der Waals surface area contributed by atoms with Crippen LogP contribution in [0.3, 0.4) is 0 Å². The van der Waals surface area contributed by atoms with Gasteiger partial charge in [-0.05, 0) is 44.3 Å². The average molecular weight is 390 g/mol. The fourth-order valence-electron chi connectivity index (χ4n) is 2.83. The van der Waals surface area contributed by atoms with Crippen LogP contribution in [0.4, 0.5) is 0 Å². The quantitative estimate of drug-likeness (QED) is 0.554. The molecule has 138 valence electrons. The Kier molecular flexibility index (Phi) is 6.33. The summed E-state index contributed by atoms with van der Waals surface area (Å²) < 4.78 is 27.2. The Balaban J connectivity index is 0.00000225. The van der Waals surface area contributed by atoms with Crippen LogP contribution in [0.1, 0.15) is 19.3 Å². The van der Waals surface area contributed by atoms with E-state index in [0.29, 0.717) is 12.5 Å². The molecule has 1 saturated heterocycles. The number of hydrogen-bond donors (Lipinski definition) is 4. The van der Waals surface area contributed by atoms with Crippen LogP contribution < -0.4 is 21.3 Å². The number of aromatic nitrogens is 3. The van der Waals surface area contributed by atoms with Gasteiger partial charge in [-0.25, -0.2) is 22.9 Å². The second kappa shape index (κ2) is 8.09. The van der Waals surface area contributed by atoms with Gasteiger partial charge in [0.15, 0.2) is 0 Å². The second-order valence-electron chi connectivity index (χ2n) is 5.87. The van der Waals surface area contributed by atoms with E-state index >= 15 is 0 Å². The third-order valence-corrected chi connectivity index (χ3v) is 5.55. The number of fused-ring (bicyclic) bond motifs is 1. The largest absolute Gasteiger partial charge is 0.327 e. The third-order valence-electron chi connectivity index (χ3n) is 4.12. The van der Waals surface area contributed by atoms with Gasteiger partial charge in [-0.15, -0.1) is 12.4 Å². The Bertz CT molecular complexity index is 950. The van der Waals surface area contributed by atoms with Crippen LogP contribution in [0.2, 0.25) is 0 Å². The van der Waals surface area contributed by atoms with Crippen molar-refractivity contribution in [1.29, 1.82) is 0 Å². The summed E-state index contributed by atoms with van der Waals surface area (Å²) in [6, 6.07) is 1.21. The molecule has 0 radical (unpaired) electrons. The molecule has 1 aliphatic heterocycles. The lowest BCUT2D eigenvalue weighted by Crippen LogP contribution is -2.33. The Morgan fingerprint density at radius 2 is 2.08 bits per heavy atom. The minimum atomic E-state index is -3.76. The standard InChI is InChI=1S/C14H19N5O4S.ClH/c20-13-11-6-10(8-16-12(11)18-14(21)19-13)24(22,23)17-5-3-9-2-1-4-15-7-9;/h6,8-9,15,17H,1-5,7H2,(H2,16,18,19,20,21);1H. The van der Waals surface area contributed by atoms with Crippen LogP contribution in [0.25, 0.3) is 11.0 Å². The predicted molar refractivity (Wildman–Crippen MR) is 95.6 cm³/mol. The first-order valence-corrected chi connectivity index (χ1v) is 9.27. The van der Waals surface area contributed by atoms with Crippen LogP contribution >= 0.6 is 12.4 Å². The van der Waals surface area contributed by atoms with E-state index in [1.54, 1.807) is 0 Å². The van der Waals surface area contributed by atoms with Crippen molar-refractivity contribution in [1.82, 2.24) is 25.0 Å². The van der Waals surface area contributed by atoms with E-state index in [4.69, 9.17) is 0 Å². The fraction of sp³-hybridized carbons (Fsp3) is 0.500. The number of hydrogen-bond acceptors (Lipinski definition) is 6. The Labute approximate surface area is 150 Å². The van der Waals surface area contributed by atoms with E-state index in [0.717, 1.165) is 38.5 Å². The molecule has 3 rings (SSSR count). The Hall–Kier alpha value is -1.75. The van der Waals surface area contributed by atoms with Crippen molar-refractivity contribution in [2.75, 3.05) is 19.6 Å². The number of rotatable bonds is 5. The van der Waals surface area contributed by atoms with Crippen LogP contribution in [0.5, 0.6) is 0 Å². The highest BCUT2D eigenvalue weighted by Gasteiger charge is 2.18. The maximum atomic E-state index is 12.3. The summed E-state index contributed by atoms with van der Waals surface area (Å²) in [6.07, 6.45) is 4.07. The molecular weight excluding hydrogens is 370 g/mol. The van der Waals surface area contributed by atoms with Gasteiger partial charge >= 0.3 is 5.69 Å². The normalized spacial score (nSPS) is 18.0. The summed E-state index contributed by atoms with van der Waals surface area (Å²) in [6.45, 7) is 2.25. The van der Waals surface area contributed by atoms with Gasteiger partial charge in [0.2, 0.25) is 10.0 Å². The topological polar surface area (TPSA) is 137 Å². The highest BCUT2D eigenvalue weighted by Crippen LogP contribution is 2.15. The van der Waals surface area contributed by atoms with Crippen molar-refractivity contribution in [3.8, 4) is 0 Å². The zero-order valence-corrected chi connectivity index (χ0v) is 15.0. The lowest BCUT2D eigenvalue weighted by atomic mass is 9.96. The van der Waals surface area contributed by atoms with Crippen molar-refractivity contribution in [3.63, 3.8) is 0 Å². The molecule has 4 N–H and O–H groups in total. The molecule has 0 aromatic carbocycles. The van der Waals surface area contributed by atoms with Gasteiger partial charge in [-0.1, -0.05) is 0 Å². The predicted octanol–water partition coefficient (Wildman–Crippen LogP) is -0.299. The summed E-state index contributed by atoms with van der Waals surface area (Å²) >= 11 is 0. The molecule has 0 bridgehead atoms. The van der Waals surface area contributed by atoms with Gasteiger partial charge in [0.1, 0.15) is 10.5 Å². The van der Waals surface area contributed by atoms with E-state index in [-0.39, 0.29) is 28.3 Å². The number of aromatic amines is 2. The molecule has 2 aromatic rings. The molecule has 0 amide bonds. The smallest absolute Gasteiger partial charge is 0.316 e. The molecule has 1 fully saturated rings. The summed E-state index contributed by atoms with van der Waals surface area (Å²) in [5.41, 5.74) is -1.31. The molecule has 1 atom stereocenters. The van der Waals surface area contributed by atoms with Crippen molar-refractivity contribution in [2.24, 2.45) is 5.92 Å². The van der Waals surface area contributed by atoms with Gasteiger partial charge < -0.3 is 5.32 Å². The summed E-state index contributed by atoms with van der Waals surface area (Å²) in [5, 5.41) is 3.31. The highest BCUT2D eigenvalue weighted by atomic mass is 35.5. The maximum Gasteiger partial charge on any atom is 0.327 e. The van der Waals surface area contributed by atoms with E-state index in [9.17, 15) is 18.0 Å². The van der Waals surface area contributed by atoms with Gasteiger partial charge in [0.05, 0.1) is 5.39 Å². The molecule has 3 heterocycles. The van der Waals surface area contributed by atoms with Crippen molar-refractivity contribution < 1.29 is 8.42 Å². The number of H-pyrrole nitrogens is 2. The van der Waals surface area contributed by atoms with Crippen LogP contribution in [0.15, 0.2) is 26.7 Å². The first-order chi connectivity index (χ1) is 11.5. The van der Waals surface area contributed by atoms with Gasteiger partial charge in [-0.2, -0.15) is 0 Å². The van der Waals surface area contributed by atoms with Gasteiger partial charge in [0, 0.05) is 12.7 Å². The first kappa shape index (κ1) is 19.6. The molecule has 25 heavy (non-hydrogen) atoms. The average Bonchev–Trinajstić information content (AvgIpc) is 2.55. The molecule has 11 heteroatoms. The minimum absolute atomic E-state index is 0. The molecule has 1 unspecified atom stereocenters. The number of pyridine rings is 1. The number of sulfonamides is 1.